The third kappa shape index (κ3) is 5.96. The second-order valence-electron chi connectivity index (χ2n) is 9.57. The number of carbonyl (C=O) groups is 1. The van der Waals surface area contributed by atoms with E-state index in [0.717, 1.165) is 29.9 Å². The van der Waals surface area contributed by atoms with Gasteiger partial charge in [0.15, 0.2) is 0 Å². The highest BCUT2D eigenvalue weighted by atomic mass is 19.1. The number of halogens is 1. The maximum Gasteiger partial charge on any atom is 0.257 e. The van der Waals surface area contributed by atoms with Gasteiger partial charge in [-0.3, -0.25) is 9.78 Å². The minimum absolute atomic E-state index is 0.0399. The van der Waals surface area contributed by atoms with Crippen molar-refractivity contribution in [2.45, 2.75) is 46.4 Å². The lowest BCUT2D eigenvalue weighted by molar-refractivity contribution is 0.102. The monoisotopic (exact) mass is 493 g/mol. The predicted molar refractivity (Wildman–Crippen MR) is 137 cm³/mol. The number of anilines is 2. The highest BCUT2D eigenvalue weighted by Gasteiger charge is 2.23. The lowest BCUT2D eigenvalue weighted by atomic mass is 10.0. The van der Waals surface area contributed by atoms with Gasteiger partial charge in [0, 0.05) is 36.1 Å². The lowest BCUT2D eigenvalue weighted by Gasteiger charge is -2.30. The molecule has 0 atom stereocenters. The molecule has 2 aromatic heterocycles. The van der Waals surface area contributed by atoms with E-state index in [1.807, 2.05) is 45.0 Å². The minimum Gasteiger partial charge on any atom is -0.472 e. The third-order valence-corrected chi connectivity index (χ3v) is 5.84. The van der Waals surface area contributed by atoms with Crippen LogP contribution in [-0.2, 0) is 10.4 Å². The number of pyridine rings is 1. The number of nitrogens with zero attached hydrogens (tertiary/aromatic N) is 4. The van der Waals surface area contributed by atoms with E-state index in [-0.39, 0.29) is 17.7 Å². The summed E-state index contributed by atoms with van der Waals surface area (Å²) in [4.78, 5) is 19.1. The molecule has 1 amide bonds. The highest BCUT2D eigenvalue weighted by molar-refractivity contribution is 6.04. The van der Waals surface area contributed by atoms with E-state index in [1.54, 1.807) is 6.07 Å². The molecule has 1 aliphatic rings. The average Bonchev–Trinajstić information content (AvgIpc) is 2.85. The van der Waals surface area contributed by atoms with Crippen LogP contribution < -0.4 is 15.0 Å². The van der Waals surface area contributed by atoms with Crippen LogP contribution in [0.3, 0.4) is 0 Å². The van der Waals surface area contributed by atoms with Gasteiger partial charge in [-0.25, -0.2) is 4.39 Å². The van der Waals surface area contributed by atoms with Gasteiger partial charge in [0.2, 0.25) is 0 Å². The van der Waals surface area contributed by atoms with E-state index < -0.39 is 5.67 Å². The Balaban J connectivity index is 1.64. The zero-order chi connectivity index (χ0) is 25.9. The van der Waals surface area contributed by atoms with E-state index in [9.17, 15) is 9.18 Å². The first-order valence-corrected chi connectivity index (χ1v) is 12.1. The van der Waals surface area contributed by atoms with Gasteiger partial charge in [-0.2, -0.15) is 0 Å². The first kappa shape index (κ1) is 25.5. The SMILES string of the molecule is Cc1ccc(NC(=O)c2ccnc(C(C)(C)F)c2)cc1-c1cc(N2CCOCC2)c(OC(C)C)nn1. The Hall–Kier alpha value is -3.59. The summed E-state index contributed by atoms with van der Waals surface area (Å²) < 4.78 is 25.8. The second-order valence-corrected chi connectivity index (χ2v) is 9.57. The van der Waals surface area contributed by atoms with Crippen LogP contribution in [0.25, 0.3) is 11.3 Å². The number of carbonyl (C=O) groups excluding carboxylic acids is 1. The number of ether oxygens (including phenoxy) is 2. The topological polar surface area (TPSA) is 89.5 Å². The average molecular weight is 494 g/mol. The fraction of sp³-hybridized carbons (Fsp3) is 0.407. The molecule has 190 valence electrons. The van der Waals surface area contributed by atoms with Gasteiger partial charge in [0.25, 0.3) is 11.8 Å². The molecular formula is C27H32FN5O3. The zero-order valence-corrected chi connectivity index (χ0v) is 21.3. The van der Waals surface area contributed by atoms with Crippen LogP contribution in [0.1, 0.15) is 49.3 Å². The van der Waals surface area contributed by atoms with Crippen molar-refractivity contribution in [2.75, 3.05) is 36.5 Å². The molecule has 8 nitrogen and oxygen atoms in total. The van der Waals surface area contributed by atoms with Gasteiger partial charge < -0.3 is 19.7 Å². The Kier molecular flexibility index (Phi) is 7.49. The molecule has 36 heavy (non-hydrogen) atoms. The molecular weight excluding hydrogens is 461 g/mol. The molecule has 1 fully saturated rings. The molecule has 0 spiro atoms. The van der Waals surface area contributed by atoms with Crippen molar-refractivity contribution in [1.82, 2.24) is 15.2 Å². The van der Waals surface area contributed by atoms with Gasteiger partial charge in [0.1, 0.15) is 11.4 Å². The highest BCUT2D eigenvalue weighted by Crippen LogP contribution is 2.33. The summed E-state index contributed by atoms with van der Waals surface area (Å²) in [7, 11) is 0. The maximum absolute atomic E-state index is 14.3. The molecule has 3 aromatic rings. The number of morpholine rings is 1. The van der Waals surface area contributed by atoms with Crippen LogP contribution in [-0.4, -0.2) is 53.5 Å². The Morgan fingerprint density at radius 3 is 2.58 bits per heavy atom. The summed E-state index contributed by atoms with van der Waals surface area (Å²) in [6.45, 7) is 11.4. The van der Waals surface area contributed by atoms with Crippen LogP contribution in [0.15, 0.2) is 42.6 Å². The molecule has 0 aliphatic carbocycles. The van der Waals surface area contributed by atoms with Crippen molar-refractivity contribution in [2.24, 2.45) is 0 Å². The second kappa shape index (κ2) is 10.6. The summed E-state index contributed by atoms with van der Waals surface area (Å²) in [6.07, 6.45) is 1.40. The number of rotatable bonds is 7. The van der Waals surface area contributed by atoms with Gasteiger partial charge >= 0.3 is 0 Å². The predicted octanol–water partition coefficient (Wildman–Crippen LogP) is 4.93. The van der Waals surface area contributed by atoms with Crippen molar-refractivity contribution in [3.8, 4) is 17.1 Å². The van der Waals surface area contributed by atoms with Gasteiger partial charge in [-0.05, 0) is 70.5 Å². The molecule has 0 saturated carbocycles. The molecule has 4 rings (SSSR count). The fourth-order valence-corrected chi connectivity index (χ4v) is 3.92. The molecule has 9 heteroatoms. The number of aryl methyl sites for hydroxylation is 1. The minimum atomic E-state index is -1.64. The van der Waals surface area contributed by atoms with Crippen LogP contribution in [0.2, 0.25) is 0 Å². The van der Waals surface area contributed by atoms with Crippen LogP contribution in [0.4, 0.5) is 15.8 Å². The van der Waals surface area contributed by atoms with Gasteiger partial charge in [-0.15, -0.1) is 10.2 Å². The molecule has 1 aliphatic heterocycles. The van der Waals surface area contributed by atoms with Crippen LogP contribution in [0, 0.1) is 6.92 Å². The molecule has 0 unspecified atom stereocenters. The van der Waals surface area contributed by atoms with Gasteiger partial charge in [-0.1, -0.05) is 6.07 Å². The number of amides is 1. The van der Waals surface area contributed by atoms with E-state index in [2.05, 4.69) is 25.4 Å². The maximum atomic E-state index is 14.3. The number of hydrogen-bond donors (Lipinski definition) is 1. The molecule has 1 saturated heterocycles. The Morgan fingerprint density at radius 2 is 1.89 bits per heavy atom. The molecule has 1 aromatic carbocycles. The lowest BCUT2D eigenvalue weighted by Crippen LogP contribution is -2.36. The Labute approximate surface area is 210 Å². The smallest absolute Gasteiger partial charge is 0.257 e. The number of aromatic nitrogens is 3. The molecule has 0 radical (unpaired) electrons. The third-order valence-electron chi connectivity index (χ3n) is 5.84. The number of nitrogens with one attached hydrogen (secondary N) is 1. The standard InChI is InChI=1S/C27H32FN5O3/c1-17(2)36-26-23(33-10-12-35-13-11-33)16-22(31-32-26)21-15-20(7-6-18(21)3)30-25(34)19-8-9-29-24(14-19)27(4,5)28/h6-9,14-17H,10-13H2,1-5H3,(H,30,34). The summed E-state index contributed by atoms with van der Waals surface area (Å²) in [5.74, 6) is 0.139. The summed E-state index contributed by atoms with van der Waals surface area (Å²) in [5, 5.41) is 11.7. The number of hydrogen-bond acceptors (Lipinski definition) is 7. The summed E-state index contributed by atoms with van der Waals surface area (Å²) in [6, 6.07) is 10.6. The van der Waals surface area contributed by atoms with Crippen molar-refractivity contribution >= 4 is 17.3 Å². The van der Waals surface area contributed by atoms with Crippen LogP contribution >= 0.6 is 0 Å². The zero-order valence-electron chi connectivity index (χ0n) is 21.3. The Bertz CT molecular complexity index is 1240. The largest absolute Gasteiger partial charge is 0.472 e. The molecule has 3 heterocycles. The number of alkyl halides is 1. The first-order chi connectivity index (χ1) is 17.1. The fourth-order valence-electron chi connectivity index (χ4n) is 3.92. The summed E-state index contributed by atoms with van der Waals surface area (Å²) >= 11 is 0. The van der Waals surface area contributed by atoms with Crippen LogP contribution in [0.5, 0.6) is 5.88 Å². The van der Waals surface area contributed by atoms with E-state index in [0.29, 0.717) is 36.0 Å². The van der Waals surface area contributed by atoms with E-state index >= 15 is 0 Å². The van der Waals surface area contributed by atoms with Gasteiger partial charge in [0.05, 0.1) is 30.7 Å². The molecule has 0 bridgehead atoms. The number of benzene rings is 1. The molecule has 1 N–H and O–H groups in total. The quantitative estimate of drug-likeness (QED) is 0.499. The Morgan fingerprint density at radius 1 is 1.14 bits per heavy atom. The first-order valence-electron chi connectivity index (χ1n) is 12.1. The van der Waals surface area contributed by atoms with Crippen molar-refractivity contribution in [3.05, 3.63) is 59.4 Å². The summed E-state index contributed by atoms with van der Waals surface area (Å²) in [5.41, 5.74) is 2.85. The van der Waals surface area contributed by atoms with E-state index in [4.69, 9.17) is 9.47 Å². The van der Waals surface area contributed by atoms with E-state index in [1.165, 1.54) is 26.1 Å². The van der Waals surface area contributed by atoms with Crippen molar-refractivity contribution in [1.29, 1.82) is 0 Å². The normalized spacial score (nSPS) is 14.1. The van der Waals surface area contributed by atoms with Crippen molar-refractivity contribution in [3.63, 3.8) is 0 Å². The van der Waals surface area contributed by atoms with Crippen molar-refractivity contribution < 1.29 is 18.7 Å².